The van der Waals surface area contributed by atoms with E-state index in [1.54, 1.807) is 0 Å². The summed E-state index contributed by atoms with van der Waals surface area (Å²) in [5.41, 5.74) is -0.711. The normalized spacial score (nSPS) is 10.2. The monoisotopic (exact) mass is 356 g/mol. The van der Waals surface area contributed by atoms with Gasteiger partial charge in [-0.2, -0.15) is 4.39 Å². The smallest absolute Gasteiger partial charge is 0.306 e. The Morgan fingerprint density at radius 3 is 2.57 bits per heavy atom. The zero-order valence-corrected chi connectivity index (χ0v) is 11.9. The third-order valence-electron chi connectivity index (χ3n) is 2.57. The van der Waals surface area contributed by atoms with Crippen LogP contribution in [0, 0.1) is 21.7 Å². The van der Waals surface area contributed by atoms with Gasteiger partial charge in [0.15, 0.2) is 0 Å². The average molecular weight is 357 g/mol. The number of rotatable bonds is 3. The number of hydrogen-bond donors (Lipinski definition) is 1. The molecule has 2 aromatic carbocycles. The first-order valence-corrected chi connectivity index (χ1v) is 6.38. The fraction of sp³-hybridized carbons (Fsp3) is 0. The Bertz CT molecular complexity index is 737. The third kappa shape index (κ3) is 3.40. The second-order valence-corrected chi connectivity index (χ2v) is 4.86. The van der Waals surface area contributed by atoms with Gasteiger partial charge < -0.3 is 5.32 Å². The Morgan fingerprint density at radius 2 is 1.90 bits per heavy atom. The Balaban J connectivity index is 2.29. The predicted molar refractivity (Wildman–Crippen MR) is 75.1 cm³/mol. The summed E-state index contributed by atoms with van der Waals surface area (Å²) >= 11 is 3.10. The van der Waals surface area contributed by atoms with Crippen LogP contribution in [0.15, 0.2) is 40.9 Å². The van der Waals surface area contributed by atoms with Crippen molar-refractivity contribution in [1.29, 1.82) is 0 Å². The summed E-state index contributed by atoms with van der Waals surface area (Å²) in [4.78, 5) is 21.7. The molecule has 21 heavy (non-hydrogen) atoms. The number of nitrogens with zero attached hydrogens (tertiary/aromatic N) is 1. The molecule has 0 aliphatic heterocycles. The number of carbonyl (C=O) groups is 1. The minimum absolute atomic E-state index is 0.0157. The van der Waals surface area contributed by atoms with Crippen molar-refractivity contribution in [2.45, 2.75) is 0 Å². The lowest BCUT2D eigenvalue weighted by Gasteiger charge is -2.07. The first-order chi connectivity index (χ1) is 9.88. The van der Waals surface area contributed by atoms with E-state index in [9.17, 15) is 23.7 Å². The lowest BCUT2D eigenvalue weighted by Crippen LogP contribution is -2.13. The fourth-order valence-electron chi connectivity index (χ4n) is 1.60. The lowest BCUT2D eigenvalue weighted by molar-refractivity contribution is -0.387. The van der Waals surface area contributed by atoms with Gasteiger partial charge in [0.2, 0.25) is 5.82 Å². The van der Waals surface area contributed by atoms with Crippen LogP contribution in [-0.2, 0) is 0 Å². The molecular weight excluding hydrogens is 350 g/mol. The van der Waals surface area contributed by atoms with Crippen molar-refractivity contribution in [1.82, 2.24) is 0 Å². The Morgan fingerprint density at radius 1 is 1.19 bits per heavy atom. The quantitative estimate of drug-likeness (QED) is 0.669. The van der Waals surface area contributed by atoms with Crippen LogP contribution >= 0.6 is 15.9 Å². The zero-order valence-electron chi connectivity index (χ0n) is 10.3. The Kier molecular flexibility index (Phi) is 4.27. The van der Waals surface area contributed by atoms with Crippen LogP contribution in [-0.4, -0.2) is 10.8 Å². The van der Waals surface area contributed by atoms with E-state index in [0.717, 1.165) is 18.2 Å². The number of nitrogens with one attached hydrogen (secondary N) is 1. The van der Waals surface area contributed by atoms with E-state index in [-0.39, 0.29) is 11.3 Å². The molecule has 2 aromatic rings. The molecule has 0 aromatic heterocycles. The van der Waals surface area contributed by atoms with Crippen LogP contribution in [0.1, 0.15) is 10.4 Å². The molecule has 0 saturated heterocycles. The van der Waals surface area contributed by atoms with Crippen molar-refractivity contribution >= 4 is 33.2 Å². The molecule has 0 bridgehead atoms. The minimum Gasteiger partial charge on any atom is -0.322 e. The zero-order chi connectivity index (χ0) is 15.6. The largest absolute Gasteiger partial charge is 0.322 e. The number of hydrogen-bond acceptors (Lipinski definition) is 3. The maximum absolute atomic E-state index is 13.2. The molecular formula is C13H7BrF2N2O3. The topological polar surface area (TPSA) is 72.2 Å². The number of anilines is 1. The van der Waals surface area contributed by atoms with E-state index in [1.807, 2.05) is 0 Å². The van der Waals surface area contributed by atoms with Gasteiger partial charge >= 0.3 is 5.69 Å². The molecule has 108 valence electrons. The Labute approximate surface area is 125 Å². The molecule has 0 spiro atoms. The molecule has 2 rings (SSSR count). The van der Waals surface area contributed by atoms with Gasteiger partial charge in [-0.25, -0.2) is 4.39 Å². The van der Waals surface area contributed by atoms with Gasteiger partial charge in [-0.15, -0.1) is 0 Å². The lowest BCUT2D eigenvalue weighted by atomic mass is 10.2. The van der Waals surface area contributed by atoms with Gasteiger partial charge in [0, 0.05) is 16.2 Å². The molecule has 1 N–H and O–H groups in total. The van der Waals surface area contributed by atoms with Gasteiger partial charge in [-0.05, 0) is 46.3 Å². The van der Waals surface area contributed by atoms with Crippen LogP contribution in [0.25, 0.3) is 0 Å². The van der Waals surface area contributed by atoms with E-state index in [0.29, 0.717) is 4.47 Å². The molecule has 8 heteroatoms. The number of amides is 1. The second kappa shape index (κ2) is 5.96. The first kappa shape index (κ1) is 15.0. The average Bonchev–Trinajstić information content (AvgIpc) is 2.43. The van der Waals surface area contributed by atoms with Crippen molar-refractivity contribution in [3.8, 4) is 0 Å². The fourth-order valence-corrected chi connectivity index (χ4v) is 2.03. The number of carbonyl (C=O) groups excluding carboxylic acids is 1. The van der Waals surface area contributed by atoms with Crippen LogP contribution < -0.4 is 5.32 Å². The molecule has 0 fully saturated rings. The molecule has 0 saturated carbocycles. The summed E-state index contributed by atoms with van der Waals surface area (Å²) in [6, 6.07) is 6.47. The summed E-state index contributed by atoms with van der Waals surface area (Å²) in [5.74, 6) is -2.29. The van der Waals surface area contributed by atoms with Gasteiger partial charge in [0.1, 0.15) is 5.82 Å². The summed E-state index contributed by atoms with van der Waals surface area (Å²) in [5, 5.41) is 13.0. The van der Waals surface area contributed by atoms with Crippen LogP contribution in [0.2, 0.25) is 0 Å². The summed E-state index contributed by atoms with van der Waals surface area (Å²) in [7, 11) is 0. The van der Waals surface area contributed by atoms with E-state index in [1.165, 1.54) is 18.2 Å². The maximum atomic E-state index is 13.2. The molecule has 0 heterocycles. The van der Waals surface area contributed by atoms with E-state index in [4.69, 9.17) is 0 Å². The van der Waals surface area contributed by atoms with Crippen molar-refractivity contribution in [3.05, 3.63) is 68.2 Å². The van der Waals surface area contributed by atoms with Crippen molar-refractivity contribution in [2.24, 2.45) is 0 Å². The number of nitro groups is 1. The third-order valence-corrected chi connectivity index (χ3v) is 3.27. The summed E-state index contributed by atoms with van der Waals surface area (Å²) in [6.07, 6.45) is 0. The standard InChI is InChI=1S/C13H7BrF2N2O3/c14-10-3-1-7(15)5-9(10)13(19)17-8-2-4-11(16)12(6-8)18(20)21/h1-6H,(H,17,19). The first-order valence-electron chi connectivity index (χ1n) is 5.59. The van der Waals surface area contributed by atoms with Gasteiger partial charge in [-0.3, -0.25) is 14.9 Å². The van der Waals surface area contributed by atoms with Crippen molar-refractivity contribution in [3.63, 3.8) is 0 Å². The SMILES string of the molecule is O=C(Nc1ccc(F)c([N+](=O)[O-])c1)c1cc(F)ccc1Br. The molecule has 0 aliphatic rings. The number of nitro benzene ring substituents is 1. The van der Waals surface area contributed by atoms with E-state index >= 15 is 0 Å². The summed E-state index contributed by atoms with van der Waals surface area (Å²) < 4.78 is 26.7. The highest BCUT2D eigenvalue weighted by Gasteiger charge is 2.17. The van der Waals surface area contributed by atoms with Crippen molar-refractivity contribution < 1.29 is 18.5 Å². The van der Waals surface area contributed by atoms with Gasteiger partial charge in [-0.1, -0.05) is 0 Å². The highest BCUT2D eigenvalue weighted by atomic mass is 79.9. The highest BCUT2D eigenvalue weighted by molar-refractivity contribution is 9.10. The number of halogens is 3. The van der Waals surface area contributed by atoms with E-state index in [2.05, 4.69) is 21.2 Å². The molecule has 0 atom stereocenters. The van der Waals surface area contributed by atoms with Crippen molar-refractivity contribution in [2.75, 3.05) is 5.32 Å². The summed E-state index contributed by atoms with van der Waals surface area (Å²) in [6.45, 7) is 0. The molecule has 5 nitrogen and oxygen atoms in total. The van der Waals surface area contributed by atoms with Gasteiger partial charge in [0.05, 0.1) is 10.5 Å². The van der Waals surface area contributed by atoms with E-state index < -0.39 is 28.2 Å². The Hall–Kier alpha value is -2.35. The molecule has 0 aliphatic carbocycles. The van der Waals surface area contributed by atoms with Crippen LogP contribution in [0.4, 0.5) is 20.2 Å². The minimum atomic E-state index is -1.01. The number of benzene rings is 2. The van der Waals surface area contributed by atoms with Crippen LogP contribution in [0.3, 0.4) is 0 Å². The predicted octanol–water partition coefficient (Wildman–Crippen LogP) is 3.89. The molecule has 1 amide bonds. The second-order valence-electron chi connectivity index (χ2n) is 4.00. The molecule has 0 unspecified atom stereocenters. The highest BCUT2D eigenvalue weighted by Crippen LogP contribution is 2.23. The molecule has 0 radical (unpaired) electrons. The maximum Gasteiger partial charge on any atom is 0.306 e. The van der Waals surface area contributed by atoms with Crippen LogP contribution in [0.5, 0.6) is 0 Å². The van der Waals surface area contributed by atoms with Gasteiger partial charge in [0.25, 0.3) is 5.91 Å².